The van der Waals surface area contributed by atoms with Gasteiger partial charge in [-0.2, -0.15) is 0 Å². The molecule has 0 saturated carbocycles. The molecule has 1 rings (SSSR count). The van der Waals surface area contributed by atoms with Gasteiger partial charge in [-0.1, -0.05) is 6.42 Å². The molecule has 122 valence electrons. The number of nitrogens with one attached hydrogen (secondary N) is 1. The van der Waals surface area contributed by atoms with Crippen molar-refractivity contribution in [3.63, 3.8) is 0 Å². The predicted octanol–water partition coefficient (Wildman–Crippen LogP) is 1.19. The number of nitrogens with two attached hydrogens (primary N) is 1. The molecule has 3 N–H and O–H groups in total. The zero-order valence-corrected chi connectivity index (χ0v) is 13.9. The van der Waals surface area contributed by atoms with Crippen LogP contribution in [0.25, 0.3) is 0 Å². The maximum atomic E-state index is 11.6. The highest BCUT2D eigenvalue weighted by Gasteiger charge is 2.12. The highest BCUT2D eigenvalue weighted by molar-refractivity contribution is 5.85. The van der Waals surface area contributed by atoms with Crippen molar-refractivity contribution in [1.29, 1.82) is 0 Å². The molecule has 1 fully saturated rings. The van der Waals surface area contributed by atoms with Crippen molar-refractivity contribution in [2.75, 3.05) is 39.8 Å². The van der Waals surface area contributed by atoms with Crippen LogP contribution in [0.2, 0.25) is 0 Å². The van der Waals surface area contributed by atoms with Gasteiger partial charge >= 0.3 is 0 Å². The Morgan fingerprint density at radius 3 is 2.50 bits per heavy atom. The van der Waals surface area contributed by atoms with Crippen LogP contribution in [-0.4, -0.2) is 56.7 Å². The van der Waals surface area contributed by atoms with E-state index < -0.39 is 0 Å². The van der Waals surface area contributed by atoms with Gasteiger partial charge in [-0.25, -0.2) is 0 Å². The van der Waals surface area contributed by atoms with Gasteiger partial charge in [0.25, 0.3) is 0 Å². The van der Waals surface area contributed by atoms with Crippen LogP contribution in [-0.2, 0) is 9.53 Å². The maximum absolute atomic E-state index is 11.6. The van der Waals surface area contributed by atoms with Gasteiger partial charge in [0.05, 0.1) is 12.5 Å². The third-order valence-electron chi connectivity index (χ3n) is 3.43. The zero-order valence-electron chi connectivity index (χ0n) is 12.3. The second-order valence-corrected chi connectivity index (χ2v) is 4.90. The summed E-state index contributed by atoms with van der Waals surface area (Å²) in [6.07, 6.45) is 5.22. The first-order valence-electron chi connectivity index (χ1n) is 6.98. The largest absolute Gasteiger partial charge is 0.380 e. The fourth-order valence-electron chi connectivity index (χ4n) is 2.26. The number of halogens is 2. The third kappa shape index (κ3) is 9.77. The van der Waals surface area contributed by atoms with Crippen LogP contribution in [0, 0.1) is 0 Å². The molecule has 1 saturated heterocycles. The molecule has 0 aromatic carbocycles. The number of hydrogen-bond acceptors (Lipinski definition) is 4. The summed E-state index contributed by atoms with van der Waals surface area (Å²) in [4.78, 5) is 14.0. The molecule has 1 unspecified atom stereocenters. The topological polar surface area (TPSA) is 67.6 Å². The van der Waals surface area contributed by atoms with E-state index in [1.807, 2.05) is 0 Å². The molecule has 0 bridgehead atoms. The number of rotatable bonds is 8. The lowest BCUT2D eigenvalue weighted by molar-refractivity contribution is -0.123. The Morgan fingerprint density at radius 2 is 1.95 bits per heavy atom. The molecule has 1 heterocycles. The number of carbonyl (C=O) groups is 1. The summed E-state index contributed by atoms with van der Waals surface area (Å²) < 4.78 is 5.08. The first kappa shape index (κ1) is 22.2. The Kier molecular flexibility index (Phi) is 15.4. The molecule has 1 aliphatic heterocycles. The van der Waals surface area contributed by atoms with Crippen LogP contribution in [0.1, 0.15) is 32.1 Å². The molecule has 1 atom stereocenters. The summed E-state index contributed by atoms with van der Waals surface area (Å²) in [7, 11) is 1.58. The molecule has 0 aliphatic carbocycles. The number of piperidine rings is 1. The molecular weight excluding hydrogens is 301 g/mol. The second kappa shape index (κ2) is 13.9. The van der Waals surface area contributed by atoms with Gasteiger partial charge in [0.15, 0.2) is 0 Å². The summed E-state index contributed by atoms with van der Waals surface area (Å²) in [5, 5.41) is 2.92. The van der Waals surface area contributed by atoms with Gasteiger partial charge in [0, 0.05) is 20.2 Å². The lowest BCUT2D eigenvalue weighted by Crippen LogP contribution is -2.35. The van der Waals surface area contributed by atoms with Gasteiger partial charge in [0.2, 0.25) is 5.91 Å². The Morgan fingerprint density at radius 1 is 1.30 bits per heavy atom. The summed E-state index contributed by atoms with van der Waals surface area (Å²) in [6.45, 7) is 4.65. The van der Waals surface area contributed by atoms with Crippen molar-refractivity contribution in [2.24, 2.45) is 5.73 Å². The minimum Gasteiger partial charge on any atom is -0.380 e. The minimum atomic E-state index is -0.160. The first-order chi connectivity index (χ1) is 8.76. The summed E-state index contributed by atoms with van der Waals surface area (Å²) >= 11 is 0. The van der Waals surface area contributed by atoms with Gasteiger partial charge in [-0.3, -0.25) is 4.79 Å². The van der Waals surface area contributed by atoms with Crippen molar-refractivity contribution in [3.05, 3.63) is 0 Å². The van der Waals surface area contributed by atoms with Crippen molar-refractivity contribution < 1.29 is 9.53 Å². The molecule has 0 spiro atoms. The third-order valence-corrected chi connectivity index (χ3v) is 3.43. The average molecular weight is 330 g/mol. The van der Waals surface area contributed by atoms with Crippen molar-refractivity contribution in [3.8, 4) is 0 Å². The predicted molar refractivity (Wildman–Crippen MR) is 86.9 cm³/mol. The van der Waals surface area contributed by atoms with Gasteiger partial charge in [-0.05, 0) is 38.9 Å². The number of likely N-dealkylation sites (tertiary alicyclic amines) is 1. The fraction of sp³-hybridized carbons (Fsp3) is 0.923. The van der Waals surface area contributed by atoms with Crippen LogP contribution in [0.15, 0.2) is 0 Å². The Bertz CT molecular complexity index is 236. The summed E-state index contributed by atoms with van der Waals surface area (Å²) in [6, 6.07) is 0. The molecule has 5 nitrogen and oxygen atoms in total. The highest BCUT2D eigenvalue weighted by atomic mass is 35.5. The smallest absolute Gasteiger partial charge is 0.222 e. The lowest BCUT2D eigenvalue weighted by atomic mass is 10.1. The van der Waals surface area contributed by atoms with Crippen LogP contribution in [0.4, 0.5) is 0 Å². The summed E-state index contributed by atoms with van der Waals surface area (Å²) in [5.74, 6) is 0.0333. The molecule has 1 amide bonds. The van der Waals surface area contributed by atoms with E-state index in [0.29, 0.717) is 13.0 Å². The van der Waals surface area contributed by atoms with E-state index >= 15 is 0 Å². The van der Waals surface area contributed by atoms with E-state index in [9.17, 15) is 4.79 Å². The Hall–Kier alpha value is -0.0700. The van der Waals surface area contributed by atoms with E-state index in [-0.39, 0.29) is 36.8 Å². The maximum Gasteiger partial charge on any atom is 0.222 e. The highest BCUT2D eigenvalue weighted by Crippen LogP contribution is 2.08. The molecular formula is C13H29Cl2N3O2. The molecule has 0 aromatic rings. The van der Waals surface area contributed by atoms with E-state index in [0.717, 1.165) is 19.5 Å². The van der Waals surface area contributed by atoms with Gasteiger partial charge in [-0.15, -0.1) is 24.8 Å². The first-order valence-corrected chi connectivity index (χ1v) is 6.98. The van der Waals surface area contributed by atoms with Crippen LogP contribution in [0.5, 0.6) is 0 Å². The number of methoxy groups -OCH3 is 1. The average Bonchev–Trinajstić information content (AvgIpc) is 2.42. The monoisotopic (exact) mass is 329 g/mol. The molecule has 0 aromatic heterocycles. The molecule has 1 aliphatic rings. The minimum absolute atomic E-state index is 0. The molecule has 20 heavy (non-hydrogen) atoms. The van der Waals surface area contributed by atoms with Gasteiger partial charge in [0.1, 0.15) is 0 Å². The Balaban J connectivity index is 0. The summed E-state index contributed by atoms with van der Waals surface area (Å²) in [5.41, 5.74) is 5.47. The van der Waals surface area contributed by atoms with Crippen molar-refractivity contribution in [2.45, 2.75) is 38.2 Å². The van der Waals surface area contributed by atoms with E-state index in [2.05, 4.69) is 10.2 Å². The normalized spacial score (nSPS) is 16.7. The quantitative estimate of drug-likeness (QED) is 0.656. The van der Waals surface area contributed by atoms with E-state index in [4.69, 9.17) is 10.5 Å². The van der Waals surface area contributed by atoms with E-state index in [1.54, 1.807) is 7.11 Å². The standard InChI is InChI=1S/C13H27N3O2.2ClH/c1-18-12(11-14)10-13(17)15-6-5-9-16-7-3-2-4-8-16;;/h12H,2-11,14H2,1H3,(H,15,17);2*1H. The number of ether oxygens (including phenoxy) is 1. The van der Waals surface area contributed by atoms with Crippen LogP contribution < -0.4 is 11.1 Å². The molecule has 0 radical (unpaired) electrons. The van der Waals surface area contributed by atoms with Gasteiger partial charge < -0.3 is 20.7 Å². The number of nitrogens with zero attached hydrogens (tertiary/aromatic N) is 1. The SMILES string of the molecule is COC(CN)CC(=O)NCCCN1CCCCC1.Cl.Cl. The second-order valence-electron chi connectivity index (χ2n) is 4.90. The van der Waals surface area contributed by atoms with Crippen molar-refractivity contribution >= 4 is 30.7 Å². The zero-order chi connectivity index (χ0) is 13.2. The molecule has 7 heteroatoms. The number of hydrogen-bond donors (Lipinski definition) is 2. The lowest BCUT2D eigenvalue weighted by Gasteiger charge is -2.26. The fourth-order valence-corrected chi connectivity index (χ4v) is 2.26. The van der Waals surface area contributed by atoms with Crippen LogP contribution in [0.3, 0.4) is 0 Å². The van der Waals surface area contributed by atoms with E-state index in [1.165, 1.54) is 32.4 Å². The van der Waals surface area contributed by atoms with Crippen molar-refractivity contribution in [1.82, 2.24) is 10.2 Å². The Labute approximate surface area is 134 Å². The van der Waals surface area contributed by atoms with Crippen LogP contribution >= 0.6 is 24.8 Å². The number of amides is 1. The number of carbonyl (C=O) groups excluding carboxylic acids is 1.